The highest BCUT2D eigenvalue weighted by Crippen LogP contribution is 2.34. The van der Waals surface area contributed by atoms with E-state index in [1.165, 1.54) is 10.4 Å². The molecule has 5 heteroatoms. The molecule has 2 heterocycles. The van der Waals surface area contributed by atoms with Crippen LogP contribution in [0.2, 0.25) is 5.02 Å². The van der Waals surface area contributed by atoms with Gasteiger partial charge in [0.25, 0.3) is 5.91 Å². The van der Waals surface area contributed by atoms with Gasteiger partial charge in [-0.2, -0.15) is 0 Å². The van der Waals surface area contributed by atoms with Crippen molar-refractivity contribution >= 4 is 34.5 Å². The molecule has 0 radical (unpaired) electrons. The summed E-state index contributed by atoms with van der Waals surface area (Å²) >= 11 is 7.77. The lowest BCUT2D eigenvalue weighted by atomic mass is 10.0. The van der Waals surface area contributed by atoms with Crippen molar-refractivity contribution in [2.75, 3.05) is 12.3 Å². The first-order valence-corrected chi connectivity index (χ1v) is 7.76. The third-order valence-electron chi connectivity index (χ3n) is 3.79. The molecule has 1 aliphatic heterocycles. The zero-order chi connectivity index (χ0) is 14.3. The first-order chi connectivity index (χ1) is 9.58. The van der Waals surface area contributed by atoms with Crippen LogP contribution in [0.3, 0.4) is 0 Å². The Morgan fingerprint density at radius 1 is 1.45 bits per heavy atom. The number of nitrogen functional groups attached to an aromatic ring is 1. The van der Waals surface area contributed by atoms with Gasteiger partial charge in [-0.15, -0.1) is 11.3 Å². The van der Waals surface area contributed by atoms with Crippen LogP contribution in [0.4, 0.5) is 5.69 Å². The Balaban J connectivity index is 1.90. The summed E-state index contributed by atoms with van der Waals surface area (Å²) in [5.74, 6) is 0.0104. The molecule has 3 rings (SSSR count). The molecule has 3 nitrogen and oxygen atoms in total. The molecule has 1 aliphatic rings. The minimum Gasteiger partial charge on any atom is -0.398 e. The molecule has 1 amide bonds. The van der Waals surface area contributed by atoms with Gasteiger partial charge in [-0.25, -0.2) is 0 Å². The molecule has 20 heavy (non-hydrogen) atoms. The molecule has 0 fully saturated rings. The minimum atomic E-state index is 0.0104. The van der Waals surface area contributed by atoms with Gasteiger partial charge in [0.2, 0.25) is 0 Å². The number of thiophene rings is 1. The topological polar surface area (TPSA) is 46.3 Å². The van der Waals surface area contributed by atoms with E-state index >= 15 is 0 Å². The number of nitrogens with two attached hydrogens (primary N) is 1. The lowest BCUT2D eigenvalue weighted by molar-refractivity contribution is 0.0679. The number of anilines is 1. The molecule has 1 aromatic carbocycles. The third kappa shape index (κ3) is 2.19. The SMILES string of the molecule is CC1c2ccsc2CCN1C(=O)c1ccc(N)c(Cl)c1. The second-order valence-electron chi connectivity index (χ2n) is 4.96. The van der Waals surface area contributed by atoms with Gasteiger partial charge in [0.05, 0.1) is 16.8 Å². The van der Waals surface area contributed by atoms with E-state index in [-0.39, 0.29) is 11.9 Å². The molecule has 104 valence electrons. The van der Waals surface area contributed by atoms with Crippen molar-refractivity contribution in [3.8, 4) is 0 Å². The van der Waals surface area contributed by atoms with Crippen LogP contribution >= 0.6 is 22.9 Å². The van der Waals surface area contributed by atoms with Crippen LogP contribution in [-0.2, 0) is 6.42 Å². The van der Waals surface area contributed by atoms with Crippen molar-refractivity contribution in [3.63, 3.8) is 0 Å². The summed E-state index contributed by atoms with van der Waals surface area (Å²) in [5.41, 5.74) is 8.04. The van der Waals surface area contributed by atoms with E-state index in [9.17, 15) is 4.79 Å². The maximum absolute atomic E-state index is 12.6. The first-order valence-electron chi connectivity index (χ1n) is 6.50. The molecular weight excluding hydrogens is 292 g/mol. The maximum Gasteiger partial charge on any atom is 0.254 e. The van der Waals surface area contributed by atoms with Crippen LogP contribution in [-0.4, -0.2) is 17.4 Å². The summed E-state index contributed by atoms with van der Waals surface area (Å²) in [6.07, 6.45) is 0.922. The van der Waals surface area contributed by atoms with Crippen LogP contribution in [0.15, 0.2) is 29.6 Å². The Kier molecular flexibility index (Phi) is 3.44. The van der Waals surface area contributed by atoms with Crippen LogP contribution in [0, 0.1) is 0 Å². The van der Waals surface area contributed by atoms with E-state index in [2.05, 4.69) is 18.4 Å². The van der Waals surface area contributed by atoms with Crippen molar-refractivity contribution in [3.05, 3.63) is 50.7 Å². The molecule has 1 aromatic heterocycles. The fraction of sp³-hybridized carbons (Fsp3) is 0.267. The highest BCUT2D eigenvalue weighted by molar-refractivity contribution is 7.10. The van der Waals surface area contributed by atoms with Crippen LogP contribution < -0.4 is 5.73 Å². The Morgan fingerprint density at radius 2 is 2.25 bits per heavy atom. The Hall–Kier alpha value is -1.52. The van der Waals surface area contributed by atoms with E-state index in [1.54, 1.807) is 29.5 Å². The highest BCUT2D eigenvalue weighted by Gasteiger charge is 2.29. The van der Waals surface area contributed by atoms with Crippen molar-refractivity contribution in [2.24, 2.45) is 0 Å². The Morgan fingerprint density at radius 3 is 3.00 bits per heavy atom. The summed E-state index contributed by atoms with van der Waals surface area (Å²) < 4.78 is 0. The molecule has 1 atom stereocenters. The van der Waals surface area contributed by atoms with Crippen molar-refractivity contribution in [2.45, 2.75) is 19.4 Å². The van der Waals surface area contributed by atoms with E-state index in [0.717, 1.165) is 13.0 Å². The van der Waals surface area contributed by atoms with Crippen LogP contribution in [0.1, 0.15) is 33.8 Å². The van der Waals surface area contributed by atoms with Gasteiger partial charge in [-0.05, 0) is 48.6 Å². The molecule has 0 saturated carbocycles. The second-order valence-corrected chi connectivity index (χ2v) is 6.37. The van der Waals surface area contributed by atoms with E-state index in [0.29, 0.717) is 16.3 Å². The number of rotatable bonds is 1. The molecule has 1 unspecified atom stereocenters. The molecular formula is C15H15ClN2OS. The van der Waals surface area contributed by atoms with Gasteiger partial charge < -0.3 is 10.6 Å². The summed E-state index contributed by atoms with van der Waals surface area (Å²) in [5, 5.41) is 2.52. The number of halogens is 1. The lowest BCUT2D eigenvalue weighted by Gasteiger charge is -2.33. The number of carbonyl (C=O) groups is 1. The van der Waals surface area contributed by atoms with Crippen LogP contribution in [0.25, 0.3) is 0 Å². The normalized spacial score (nSPS) is 17.9. The quantitative estimate of drug-likeness (QED) is 0.816. The van der Waals surface area contributed by atoms with Crippen molar-refractivity contribution in [1.82, 2.24) is 4.90 Å². The monoisotopic (exact) mass is 306 g/mol. The third-order valence-corrected chi connectivity index (χ3v) is 5.11. The van der Waals surface area contributed by atoms with Gasteiger partial charge in [-0.3, -0.25) is 4.79 Å². The highest BCUT2D eigenvalue weighted by atomic mass is 35.5. The lowest BCUT2D eigenvalue weighted by Crippen LogP contribution is -2.38. The molecule has 0 aliphatic carbocycles. The number of hydrogen-bond acceptors (Lipinski definition) is 3. The fourth-order valence-electron chi connectivity index (χ4n) is 2.61. The van der Waals surface area contributed by atoms with Gasteiger partial charge in [-0.1, -0.05) is 11.6 Å². The second kappa shape index (κ2) is 5.11. The molecule has 2 aromatic rings. The number of benzene rings is 1. The van der Waals surface area contributed by atoms with Gasteiger partial charge in [0, 0.05) is 17.0 Å². The largest absolute Gasteiger partial charge is 0.398 e. The first kappa shape index (κ1) is 13.5. The summed E-state index contributed by atoms with van der Waals surface area (Å²) in [4.78, 5) is 15.9. The zero-order valence-electron chi connectivity index (χ0n) is 11.1. The van der Waals surface area contributed by atoms with Gasteiger partial charge >= 0.3 is 0 Å². The Bertz CT molecular complexity index is 668. The minimum absolute atomic E-state index is 0.0104. The molecule has 0 bridgehead atoms. The van der Waals surface area contributed by atoms with E-state index in [1.807, 2.05) is 4.90 Å². The Labute approximate surface area is 127 Å². The smallest absolute Gasteiger partial charge is 0.254 e. The average Bonchev–Trinajstić information content (AvgIpc) is 2.91. The molecule has 0 saturated heterocycles. The maximum atomic E-state index is 12.6. The number of hydrogen-bond donors (Lipinski definition) is 1. The predicted octanol–water partition coefficient (Wildman–Crippen LogP) is 3.74. The number of fused-ring (bicyclic) bond motifs is 1. The zero-order valence-corrected chi connectivity index (χ0v) is 12.7. The standard InChI is InChI=1S/C15H15ClN2OS/c1-9-11-5-7-20-14(11)4-6-18(9)15(19)10-2-3-13(17)12(16)8-10/h2-3,5,7-9H,4,6,17H2,1H3. The summed E-state index contributed by atoms with van der Waals surface area (Å²) in [7, 11) is 0. The van der Waals surface area contributed by atoms with Crippen LogP contribution in [0.5, 0.6) is 0 Å². The number of nitrogens with zero attached hydrogens (tertiary/aromatic N) is 1. The predicted molar refractivity (Wildman–Crippen MR) is 83.3 cm³/mol. The van der Waals surface area contributed by atoms with Gasteiger partial charge in [0.1, 0.15) is 0 Å². The number of amides is 1. The summed E-state index contributed by atoms with van der Waals surface area (Å²) in [6, 6.07) is 7.28. The number of carbonyl (C=O) groups excluding carboxylic acids is 1. The van der Waals surface area contributed by atoms with E-state index < -0.39 is 0 Å². The molecule has 2 N–H and O–H groups in total. The summed E-state index contributed by atoms with van der Waals surface area (Å²) in [6.45, 7) is 2.82. The van der Waals surface area contributed by atoms with E-state index in [4.69, 9.17) is 17.3 Å². The average molecular weight is 307 g/mol. The molecule has 0 spiro atoms. The van der Waals surface area contributed by atoms with Gasteiger partial charge in [0.15, 0.2) is 0 Å². The van der Waals surface area contributed by atoms with Crippen molar-refractivity contribution < 1.29 is 4.79 Å². The fourth-order valence-corrected chi connectivity index (χ4v) is 3.76. The van der Waals surface area contributed by atoms with Crippen molar-refractivity contribution in [1.29, 1.82) is 0 Å².